The molecule has 6 aliphatic rings. The summed E-state index contributed by atoms with van der Waals surface area (Å²) in [5.74, 6) is 0.488. The maximum atomic E-state index is 13.7. The molecule has 5 aliphatic carbocycles. The van der Waals surface area contributed by atoms with Gasteiger partial charge in [0.1, 0.15) is 11.9 Å². The highest BCUT2D eigenvalue weighted by atomic mass is 19.3. The van der Waals surface area contributed by atoms with Gasteiger partial charge in [-0.1, -0.05) is 67.2 Å². The number of nitrogens with zero attached hydrogens (tertiary/aromatic N) is 1. The number of rotatable bonds is 12. The topological polar surface area (TPSA) is 72.6 Å². The van der Waals surface area contributed by atoms with Crippen molar-refractivity contribution in [3.8, 4) is 0 Å². The van der Waals surface area contributed by atoms with E-state index in [1.807, 2.05) is 4.90 Å². The molecule has 0 amide bonds. The van der Waals surface area contributed by atoms with Gasteiger partial charge in [-0.05, 0) is 147 Å². The van der Waals surface area contributed by atoms with Crippen LogP contribution in [0.3, 0.4) is 0 Å². The zero-order chi connectivity index (χ0) is 39.7. The lowest BCUT2D eigenvalue weighted by Crippen LogP contribution is -2.66. The van der Waals surface area contributed by atoms with E-state index in [2.05, 4.69) is 68.5 Å². The van der Waals surface area contributed by atoms with Gasteiger partial charge in [0.05, 0.1) is 13.0 Å². The second-order valence-electron chi connectivity index (χ2n) is 22.1. The van der Waals surface area contributed by atoms with Crippen LogP contribution in [0.15, 0.2) is 24.4 Å². The highest BCUT2D eigenvalue weighted by molar-refractivity contribution is 5.80. The fraction of sp³-hybridized carbons (Fsp3) is 0.872. The zero-order valence-corrected chi connectivity index (χ0v) is 35.5. The van der Waals surface area contributed by atoms with E-state index in [9.17, 15) is 18.4 Å². The average Bonchev–Trinajstić information content (AvgIpc) is 3.43. The smallest absolute Gasteiger partial charge is 0.306 e. The number of alkyl halides is 2. The molecule has 1 heterocycles. The Kier molecular flexibility index (Phi) is 11.3. The van der Waals surface area contributed by atoms with Crippen molar-refractivity contribution in [2.75, 3.05) is 19.6 Å². The van der Waals surface area contributed by atoms with E-state index in [1.54, 1.807) is 0 Å². The monoisotopic (exact) mass is 755 g/mol. The molecule has 1 aliphatic heterocycles. The lowest BCUT2D eigenvalue weighted by Gasteiger charge is -2.73. The molecule has 6 fully saturated rings. The number of carbonyl (C=O) groups excluding carboxylic acids is 2. The van der Waals surface area contributed by atoms with Crippen LogP contribution in [0.4, 0.5) is 8.78 Å². The summed E-state index contributed by atoms with van der Waals surface area (Å²) in [6.45, 7) is 28.6. The van der Waals surface area contributed by atoms with Gasteiger partial charge in [0, 0.05) is 43.5 Å². The third-order valence-corrected chi connectivity index (χ3v) is 17.9. The third kappa shape index (κ3) is 7.41. The van der Waals surface area contributed by atoms with Gasteiger partial charge in [0.25, 0.3) is 5.92 Å². The van der Waals surface area contributed by atoms with Crippen LogP contribution < -0.4 is 5.73 Å². The van der Waals surface area contributed by atoms with E-state index >= 15 is 0 Å². The summed E-state index contributed by atoms with van der Waals surface area (Å²) < 4.78 is 33.8. The highest BCUT2D eigenvalue weighted by Crippen LogP contribution is 2.78. The number of likely N-dealkylation sites (tertiary alicyclic amines) is 1. The van der Waals surface area contributed by atoms with Crippen molar-refractivity contribution in [2.24, 2.45) is 67.8 Å². The van der Waals surface area contributed by atoms with E-state index < -0.39 is 5.92 Å². The third-order valence-electron chi connectivity index (χ3n) is 17.9. The lowest BCUT2D eigenvalue weighted by atomic mass is 9.32. The van der Waals surface area contributed by atoms with E-state index in [0.29, 0.717) is 74.2 Å². The highest BCUT2D eigenvalue weighted by Gasteiger charge is 2.71. The fourth-order valence-corrected chi connectivity index (χ4v) is 15.2. The Balaban J connectivity index is 1.16. The number of Topliss-reactive ketones (excluding diaryl/α,β-unsaturated/α-hetero) is 1. The number of halogens is 2. The first-order chi connectivity index (χ1) is 25.0. The molecular weight excluding hydrogens is 679 g/mol. The largest absolute Gasteiger partial charge is 0.462 e. The van der Waals surface area contributed by atoms with Crippen LogP contribution >= 0.6 is 0 Å². The van der Waals surface area contributed by atoms with Gasteiger partial charge < -0.3 is 10.5 Å². The number of nitrogens with two attached hydrogens (primary N) is 1. The van der Waals surface area contributed by atoms with Gasteiger partial charge in [0.2, 0.25) is 0 Å². The molecule has 0 bridgehead atoms. The molecule has 10 atom stereocenters. The molecule has 0 spiro atoms. The molecule has 5 saturated carbocycles. The number of ketones is 1. The number of esters is 1. The lowest BCUT2D eigenvalue weighted by molar-refractivity contribution is -0.250. The number of carbonyl (C=O) groups is 2. The maximum Gasteiger partial charge on any atom is 0.306 e. The molecule has 54 heavy (non-hydrogen) atoms. The Bertz CT molecular complexity index is 1460. The molecule has 0 aromatic heterocycles. The van der Waals surface area contributed by atoms with E-state index in [0.717, 1.165) is 25.7 Å². The summed E-state index contributed by atoms with van der Waals surface area (Å²) in [5, 5.41) is 0. The van der Waals surface area contributed by atoms with Crippen molar-refractivity contribution in [1.29, 1.82) is 0 Å². The molecule has 6 rings (SSSR count). The Morgan fingerprint density at radius 2 is 1.52 bits per heavy atom. The summed E-state index contributed by atoms with van der Waals surface area (Å²) >= 11 is 0. The minimum absolute atomic E-state index is 0.0715. The second-order valence-corrected chi connectivity index (χ2v) is 22.1. The number of hydrogen-bond acceptors (Lipinski definition) is 5. The molecule has 0 radical (unpaired) electrons. The molecule has 0 aromatic rings. The number of fused-ring (bicyclic) bond motifs is 7. The minimum Gasteiger partial charge on any atom is -0.462 e. The van der Waals surface area contributed by atoms with Crippen molar-refractivity contribution in [1.82, 2.24) is 4.90 Å². The first-order valence-electron chi connectivity index (χ1n) is 21.9. The van der Waals surface area contributed by atoms with E-state index in [-0.39, 0.29) is 63.2 Å². The number of piperidine rings is 1. The first kappa shape index (κ1) is 41.9. The van der Waals surface area contributed by atoms with Gasteiger partial charge in [0.15, 0.2) is 0 Å². The van der Waals surface area contributed by atoms with Crippen molar-refractivity contribution in [2.45, 2.75) is 177 Å². The molecule has 5 nitrogen and oxygen atoms in total. The van der Waals surface area contributed by atoms with Crippen molar-refractivity contribution in [3.05, 3.63) is 24.4 Å². The summed E-state index contributed by atoms with van der Waals surface area (Å²) in [6, 6.07) is 0. The van der Waals surface area contributed by atoms with Crippen LogP contribution in [0.2, 0.25) is 0 Å². The van der Waals surface area contributed by atoms with Crippen LogP contribution in [0, 0.1) is 62.1 Å². The zero-order valence-electron chi connectivity index (χ0n) is 35.5. The van der Waals surface area contributed by atoms with Crippen molar-refractivity contribution >= 4 is 11.8 Å². The summed E-state index contributed by atoms with van der Waals surface area (Å²) in [4.78, 5) is 28.4. The number of ether oxygens (including phenoxy) is 1. The summed E-state index contributed by atoms with van der Waals surface area (Å²) in [7, 11) is 0. The van der Waals surface area contributed by atoms with Crippen molar-refractivity contribution in [3.63, 3.8) is 0 Å². The predicted octanol–water partition coefficient (Wildman–Crippen LogP) is 11.3. The predicted molar refractivity (Wildman–Crippen MR) is 215 cm³/mol. The Morgan fingerprint density at radius 3 is 2.17 bits per heavy atom. The van der Waals surface area contributed by atoms with Crippen LogP contribution in [0.1, 0.15) is 165 Å². The molecule has 2 N–H and O–H groups in total. The minimum atomic E-state index is -2.58. The Hall–Kier alpha value is -1.76. The Morgan fingerprint density at radius 1 is 0.833 bits per heavy atom. The summed E-state index contributed by atoms with van der Waals surface area (Å²) in [6.07, 6.45) is 15.1. The van der Waals surface area contributed by atoms with Crippen LogP contribution in [-0.2, 0) is 14.3 Å². The molecule has 7 heteroatoms. The molecule has 306 valence electrons. The Labute approximate surface area is 327 Å². The van der Waals surface area contributed by atoms with Crippen molar-refractivity contribution < 1.29 is 23.1 Å². The number of allylic oxidation sites excluding steroid dienone is 2. The van der Waals surface area contributed by atoms with Crippen LogP contribution in [0.25, 0.3) is 0 Å². The standard InChI is InChI=1S/C47H76F2N2O3/c1-31(2)34-15-21-46(18-11-12-33(52)30-51-26-24-47(48,49)25-27-51)23-22-44(9)35(40(34)46)13-14-37-43(8)19-17-38(42(6,7)36(43)16-20-45(37,44)10)54-39(53)29-41(4,5)28-32(3)50/h34-38,40H,1,3,11-30,50H2,2,4-10H3/t34-,35?,36-,37+,38?,40+,43?,44+,45?,46?/m0/s1. The normalized spacial score (nSPS) is 41.4. The van der Waals surface area contributed by atoms with Gasteiger partial charge in [-0.15, -0.1) is 0 Å². The maximum absolute atomic E-state index is 13.7. The van der Waals surface area contributed by atoms with Crippen LogP contribution in [0.5, 0.6) is 0 Å². The molecular formula is C47H76F2N2O3. The fourth-order valence-electron chi connectivity index (χ4n) is 15.2. The SMILES string of the molecule is C=C(N)CC(C)(C)CC(=O)OC1CCC2(C)[C@H]3CCC4[C@H]5[C@H](C(=C)C)CCC5(CCCC(=O)CN5CCC(F)(F)CC5)CC[C@@]4(C)C3(C)CC[C@H]2C1(C)C. The molecule has 1 saturated heterocycles. The first-order valence-corrected chi connectivity index (χ1v) is 21.9. The van der Waals surface area contributed by atoms with E-state index in [1.165, 1.54) is 56.9 Å². The van der Waals surface area contributed by atoms with Crippen LogP contribution in [-0.4, -0.2) is 48.3 Å². The quantitative estimate of drug-likeness (QED) is 0.159. The van der Waals surface area contributed by atoms with Gasteiger partial charge in [-0.2, -0.15) is 0 Å². The van der Waals surface area contributed by atoms with Gasteiger partial charge >= 0.3 is 5.97 Å². The summed E-state index contributed by atoms with van der Waals surface area (Å²) in [5.41, 5.74) is 8.45. The average molecular weight is 755 g/mol. The number of hydrogen-bond donors (Lipinski definition) is 1. The van der Waals surface area contributed by atoms with Gasteiger partial charge in [-0.25, -0.2) is 8.78 Å². The second kappa shape index (κ2) is 14.6. The molecule has 5 unspecified atom stereocenters. The van der Waals surface area contributed by atoms with Gasteiger partial charge in [-0.3, -0.25) is 14.5 Å². The molecule has 0 aromatic carbocycles. The van der Waals surface area contributed by atoms with E-state index in [4.69, 9.17) is 10.5 Å².